The average Bonchev–Trinajstić information content (AvgIpc) is 3.56. The third-order valence-electron chi connectivity index (χ3n) is 8.02. The minimum absolute atomic E-state index is 0.267. The van der Waals surface area contributed by atoms with Crippen molar-refractivity contribution < 1.29 is 28.6 Å². The molecule has 2 heterocycles. The Kier molecular flexibility index (Phi) is 8.02. The molecule has 2 aromatic carbocycles. The van der Waals surface area contributed by atoms with Crippen LogP contribution in [0.15, 0.2) is 54.6 Å². The number of ether oxygens (including phenoxy) is 3. The molecule has 0 spiro atoms. The number of hydrogen-bond acceptors (Lipinski definition) is 8. The van der Waals surface area contributed by atoms with Crippen LogP contribution in [0.5, 0.6) is 5.75 Å². The van der Waals surface area contributed by atoms with Crippen LogP contribution < -0.4 is 9.64 Å². The number of methoxy groups -OCH3 is 1. The fourth-order valence-electron chi connectivity index (χ4n) is 5.95. The van der Waals surface area contributed by atoms with Crippen LogP contribution >= 0.6 is 0 Å². The van der Waals surface area contributed by atoms with Crippen molar-refractivity contribution in [1.29, 1.82) is 0 Å². The Hall–Kier alpha value is -3.65. The molecule has 2 atom stereocenters. The van der Waals surface area contributed by atoms with E-state index in [-0.39, 0.29) is 12.2 Å². The van der Waals surface area contributed by atoms with Crippen molar-refractivity contribution in [3.05, 3.63) is 71.3 Å². The fourth-order valence-corrected chi connectivity index (χ4v) is 5.95. The van der Waals surface area contributed by atoms with E-state index in [1.807, 2.05) is 30.3 Å². The van der Waals surface area contributed by atoms with Gasteiger partial charge in [0, 0.05) is 54.2 Å². The molecule has 0 saturated carbocycles. The lowest BCUT2D eigenvalue weighted by atomic mass is 9.89. The zero-order valence-corrected chi connectivity index (χ0v) is 22.7. The molecule has 8 nitrogen and oxygen atoms in total. The highest BCUT2D eigenvalue weighted by Gasteiger charge is 2.58. The first-order valence-electron chi connectivity index (χ1n) is 13.8. The van der Waals surface area contributed by atoms with Crippen LogP contribution in [0, 0.1) is 0 Å². The van der Waals surface area contributed by atoms with Gasteiger partial charge in [0.2, 0.25) is 11.4 Å². The van der Waals surface area contributed by atoms with Gasteiger partial charge in [-0.1, -0.05) is 25.1 Å². The fraction of sp³-hybridized carbons (Fsp3) is 0.452. The van der Waals surface area contributed by atoms with Gasteiger partial charge < -0.3 is 19.1 Å². The van der Waals surface area contributed by atoms with Gasteiger partial charge in [0.1, 0.15) is 5.75 Å². The van der Waals surface area contributed by atoms with E-state index < -0.39 is 23.6 Å². The lowest BCUT2D eigenvalue weighted by Gasteiger charge is -2.34. The molecule has 0 amide bonds. The molecule has 1 aliphatic carbocycles. The number of hydrogen-bond donors (Lipinski definition) is 0. The molecule has 2 aliphatic heterocycles. The summed E-state index contributed by atoms with van der Waals surface area (Å²) in [5.41, 5.74) is 1.61. The maximum Gasteiger partial charge on any atom is 0.332 e. The molecular weight excluding hydrogens is 496 g/mol. The molecule has 206 valence electrons. The summed E-state index contributed by atoms with van der Waals surface area (Å²) < 4.78 is 17.2. The summed E-state index contributed by atoms with van der Waals surface area (Å²) in [6.07, 6.45) is 5.03. The highest BCUT2D eigenvalue weighted by atomic mass is 16.6. The van der Waals surface area contributed by atoms with Crippen molar-refractivity contribution in [2.24, 2.45) is 0 Å². The van der Waals surface area contributed by atoms with Gasteiger partial charge in [0.15, 0.2) is 6.10 Å². The number of rotatable bonds is 10. The van der Waals surface area contributed by atoms with E-state index in [1.54, 1.807) is 13.2 Å². The van der Waals surface area contributed by atoms with Crippen molar-refractivity contribution >= 4 is 23.4 Å². The van der Waals surface area contributed by atoms with E-state index in [0.717, 1.165) is 81.1 Å². The second-order valence-corrected chi connectivity index (χ2v) is 10.4. The van der Waals surface area contributed by atoms with Crippen molar-refractivity contribution in [2.45, 2.75) is 57.3 Å². The molecule has 0 radical (unpaired) electrons. The van der Waals surface area contributed by atoms with E-state index in [0.29, 0.717) is 17.5 Å². The Bertz CT molecular complexity index is 1270. The first kappa shape index (κ1) is 26.9. The zero-order valence-electron chi connectivity index (χ0n) is 22.7. The number of ketones is 1. The smallest absolute Gasteiger partial charge is 0.332 e. The standard InChI is InChI=1S/C31H36N2O6/c1-3-32(21-22-10-4-5-11-26(22)37-2)17-7-6-16-31-29(36)24-13-12-23(33-18-8-9-19-33)20-25(24)30(31)38-27(34)14-15-28(35)39-31/h4-5,10-15,20,30H,3,6-9,16-19,21H2,1-2H3/b15-14+. The van der Waals surface area contributed by atoms with Gasteiger partial charge in [-0.05, 0) is 69.5 Å². The number of carbonyl (C=O) groups is 3. The minimum atomic E-state index is -1.57. The second-order valence-electron chi connectivity index (χ2n) is 10.4. The van der Waals surface area contributed by atoms with Gasteiger partial charge in [-0.25, -0.2) is 9.59 Å². The first-order valence-corrected chi connectivity index (χ1v) is 13.8. The molecule has 2 aromatic rings. The molecule has 1 fully saturated rings. The number of nitrogens with zero attached hydrogens (tertiary/aromatic N) is 2. The monoisotopic (exact) mass is 532 g/mol. The van der Waals surface area contributed by atoms with E-state index in [4.69, 9.17) is 14.2 Å². The van der Waals surface area contributed by atoms with Crippen LogP contribution in [0.4, 0.5) is 5.69 Å². The van der Waals surface area contributed by atoms with Crippen LogP contribution in [-0.4, -0.2) is 61.5 Å². The minimum Gasteiger partial charge on any atom is -0.496 e. The predicted octanol–water partition coefficient (Wildman–Crippen LogP) is 4.62. The molecule has 0 bridgehead atoms. The van der Waals surface area contributed by atoms with Gasteiger partial charge in [0.05, 0.1) is 7.11 Å². The number of para-hydroxylation sites is 1. The summed E-state index contributed by atoms with van der Waals surface area (Å²) in [6, 6.07) is 13.6. The normalized spacial score (nSPS) is 23.1. The molecule has 0 aromatic heterocycles. The summed E-state index contributed by atoms with van der Waals surface area (Å²) in [6.45, 7) is 6.40. The summed E-state index contributed by atoms with van der Waals surface area (Å²) >= 11 is 0. The Labute approximate surface area is 229 Å². The Balaban J connectivity index is 1.34. The first-order chi connectivity index (χ1) is 18.9. The van der Waals surface area contributed by atoms with Crippen molar-refractivity contribution in [3.8, 4) is 5.75 Å². The molecule has 5 rings (SSSR count). The Morgan fingerprint density at radius 1 is 1.03 bits per heavy atom. The Morgan fingerprint density at radius 3 is 2.56 bits per heavy atom. The Morgan fingerprint density at radius 2 is 1.79 bits per heavy atom. The van der Waals surface area contributed by atoms with E-state index in [1.165, 1.54) is 0 Å². The molecule has 39 heavy (non-hydrogen) atoms. The summed E-state index contributed by atoms with van der Waals surface area (Å²) in [4.78, 5) is 43.7. The van der Waals surface area contributed by atoms with Crippen LogP contribution in [0.1, 0.15) is 66.6 Å². The lowest BCUT2D eigenvalue weighted by Crippen LogP contribution is -2.46. The molecule has 1 saturated heterocycles. The van der Waals surface area contributed by atoms with Gasteiger partial charge >= 0.3 is 11.9 Å². The maximum absolute atomic E-state index is 13.9. The quantitative estimate of drug-likeness (QED) is 0.324. The highest BCUT2D eigenvalue weighted by molar-refractivity contribution is 6.10. The average molecular weight is 533 g/mol. The number of fused-ring (bicyclic) bond motifs is 3. The van der Waals surface area contributed by atoms with E-state index in [9.17, 15) is 14.4 Å². The molecule has 2 unspecified atom stereocenters. The van der Waals surface area contributed by atoms with E-state index in [2.05, 4.69) is 22.8 Å². The maximum atomic E-state index is 13.9. The predicted molar refractivity (Wildman–Crippen MR) is 147 cm³/mol. The van der Waals surface area contributed by atoms with Crippen molar-refractivity contribution in [3.63, 3.8) is 0 Å². The van der Waals surface area contributed by atoms with Crippen LogP contribution in [0.25, 0.3) is 0 Å². The van der Waals surface area contributed by atoms with Crippen LogP contribution in [-0.2, 0) is 25.6 Å². The lowest BCUT2D eigenvalue weighted by molar-refractivity contribution is -0.174. The number of Topliss-reactive ketones (excluding diaryl/α,β-unsaturated/α-hetero) is 1. The number of carbonyl (C=O) groups excluding carboxylic acids is 3. The number of esters is 2. The third kappa shape index (κ3) is 5.43. The van der Waals surface area contributed by atoms with Gasteiger partial charge in [0.25, 0.3) is 0 Å². The summed E-state index contributed by atoms with van der Waals surface area (Å²) in [5.74, 6) is -0.795. The van der Waals surface area contributed by atoms with Gasteiger partial charge in [-0.2, -0.15) is 0 Å². The third-order valence-corrected chi connectivity index (χ3v) is 8.02. The van der Waals surface area contributed by atoms with Gasteiger partial charge in [-0.15, -0.1) is 0 Å². The van der Waals surface area contributed by atoms with E-state index >= 15 is 0 Å². The summed E-state index contributed by atoms with van der Waals surface area (Å²) in [7, 11) is 1.67. The van der Waals surface area contributed by atoms with Gasteiger partial charge in [-0.3, -0.25) is 9.69 Å². The number of benzene rings is 2. The molecule has 8 heteroatoms. The largest absolute Gasteiger partial charge is 0.496 e. The highest BCUT2D eigenvalue weighted by Crippen LogP contribution is 2.49. The van der Waals surface area contributed by atoms with Crippen molar-refractivity contribution in [1.82, 2.24) is 4.90 Å². The molecular formula is C31H36N2O6. The van der Waals surface area contributed by atoms with Crippen LogP contribution in [0.3, 0.4) is 0 Å². The molecule has 3 aliphatic rings. The van der Waals surface area contributed by atoms with Crippen LogP contribution in [0.2, 0.25) is 0 Å². The van der Waals surface area contributed by atoms with Crippen molar-refractivity contribution in [2.75, 3.05) is 38.2 Å². The molecule has 0 N–H and O–H groups in total. The number of unbranched alkanes of at least 4 members (excludes halogenated alkanes) is 1. The topological polar surface area (TPSA) is 85.4 Å². The second kappa shape index (κ2) is 11.6. The zero-order chi connectivity index (χ0) is 27.4. The summed E-state index contributed by atoms with van der Waals surface area (Å²) in [5, 5.41) is 0. The SMILES string of the molecule is CCN(CCCCC12OC(=O)/C=C/C(=O)OC1c1cc(N3CCCC3)ccc1C2=O)Cc1ccccc1OC. The number of anilines is 1.